The van der Waals surface area contributed by atoms with E-state index in [4.69, 9.17) is 5.73 Å². The molecular formula is C13H11N3S. The monoisotopic (exact) mass is 241 g/mol. The van der Waals surface area contributed by atoms with E-state index < -0.39 is 0 Å². The van der Waals surface area contributed by atoms with Gasteiger partial charge in [-0.15, -0.1) is 11.3 Å². The summed E-state index contributed by atoms with van der Waals surface area (Å²) in [5.41, 5.74) is 8.10. The smallest absolute Gasteiger partial charge is 0.135 e. The zero-order valence-electron chi connectivity index (χ0n) is 9.08. The Hall–Kier alpha value is -2.07. The topological polar surface area (TPSA) is 43.8 Å². The van der Waals surface area contributed by atoms with Crippen molar-refractivity contribution in [1.82, 2.24) is 9.78 Å². The molecule has 0 amide bonds. The van der Waals surface area contributed by atoms with E-state index in [0.29, 0.717) is 5.82 Å². The number of para-hydroxylation sites is 1. The fraction of sp³-hybridized carbons (Fsp3) is 0. The normalized spacial score (nSPS) is 10.6. The van der Waals surface area contributed by atoms with Crippen molar-refractivity contribution in [3.05, 3.63) is 54.0 Å². The molecule has 0 atom stereocenters. The molecule has 0 bridgehead atoms. The summed E-state index contributed by atoms with van der Waals surface area (Å²) in [5.74, 6) is 0.679. The standard InChI is InChI=1S/C13H11N3S/c14-13-11(12-7-4-8-17-12)9-15-16(13)10-5-2-1-3-6-10/h1-9H,14H2. The number of nitrogens with two attached hydrogens (primary N) is 1. The van der Waals surface area contributed by atoms with Gasteiger partial charge < -0.3 is 5.73 Å². The molecule has 0 radical (unpaired) electrons. The van der Waals surface area contributed by atoms with E-state index in [1.807, 2.05) is 54.0 Å². The number of nitrogens with zero attached hydrogens (tertiary/aromatic N) is 2. The van der Waals surface area contributed by atoms with Crippen molar-refractivity contribution in [2.24, 2.45) is 0 Å². The van der Waals surface area contributed by atoms with Crippen molar-refractivity contribution >= 4 is 17.2 Å². The summed E-state index contributed by atoms with van der Waals surface area (Å²) in [6, 6.07) is 14.0. The quantitative estimate of drug-likeness (QED) is 0.748. The molecule has 0 saturated carbocycles. The highest BCUT2D eigenvalue weighted by molar-refractivity contribution is 7.13. The van der Waals surface area contributed by atoms with Crippen LogP contribution in [0, 0.1) is 0 Å². The third-order valence-corrected chi connectivity index (χ3v) is 3.50. The van der Waals surface area contributed by atoms with Gasteiger partial charge in [0.25, 0.3) is 0 Å². The van der Waals surface area contributed by atoms with Gasteiger partial charge in [-0.2, -0.15) is 5.10 Å². The number of anilines is 1. The molecule has 0 spiro atoms. The highest BCUT2D eigenvalue weighted by Gasteiger charge is 2.10. The fourth-order valence-electron chi connectivity index (χ4n) is 1.75. The molecule has 4 heteroatoms. The lowest BCUT2D eigenvalue weighted by Crippen LogP contribution is -2.01. The van der Waals surface area contributed by atoms with Crippen LogP contribution in [-0.4, -0.2) is 9.78 Å². The van der Waals surface area contributed by atoms with E-state index >= 15 is 0 Å². The fourth-order valence-corrected chi connectivity index (χ4v) is 2.50. The van der Waals surface area contributed by atoms with Crippen LogP contribution in [0.5, 0.6) is 0 Å². The van der Waals surface area contributed by atoms with Gasteiger partial charge in [-0.1, -0.05) is 24.3 Å². The van der Waals surface area contributed by atoms with Crippen LogP contribution in [0.15, 0.2) is 54.0 Å². The molecule has 0 saturated heterocycles. The van der Waals surface area contributed by atoms with Crippen LogP contribution in [-0.2, 0) is 0 Å². The van der Waals surface area contributed by atoms with Crippen molar-refractivity contribution < 1.29 is 0 Å². The number of aromatic nitrogens is 2. The molecule has 17 heavy (non-hydrogen) atoms. The highest BCUT2D eigenvalue weighted by Crippen LogP contribution is 2.30. The number of hydrogen-bond donors (Lipinski definition) is 1. The molecular weight excluding hydrogens is 230 g/mol. The minimum absolute atomic E-state index is 0.679. The van der Waals surface area contributed by atoms with Crippen LogP contribution in [0.2, 0.25) is 0 Å². The highest BCUT2D eigenvalue weighted by atomic mass is 32.1. The van der Waals surface area contributed by atoms with Crippen LogP contribution in [0.1, 0.15) is 0 Å². The molecule has 2 aromatic heterocycles. The van der Waals surface area contributed by atoms with Crippen LogP contribution in [0.3, 0.4) is 0 Å². The minimum atomic E-state index is 0.679. The molecule has 3 aromatic rings. The van der Waals surface area contributed by atoms with E-state index in [1.165, 1.54) is 0 Å². The van der Waals surface area contributed by atoms with Crippen molar-refractivity contribution in [1.29, 1.82) is 0 Å². The van der Waals surface area contributed by atoms with E-state index in [9.17, 15) is 0 Å². The summed E-state index contributed by atoms with van der Waals surface area (Å²) in [5, 5.41) is 6.38. The summed E-state index contributed by atoms with van der Waals surface area (Å²) in [6.07, 6.45) is 1.81. The molecule has 3 rings (SSSR count). The van der Waals surface area contributed by atoms with E-state index in [1.54, 1.807) is 16.0 Å². The van der Waals surface area contributed by atoms with Crippen LogP contribution < -0.4 is 5.73 Å². The maximum Gasteiger partial charge on any atom is 0.135 e. The first-order chi connectivity index (χ1) is 8.36. The first-order valence-electron chi connectivity index (χ1n) is 5.29. The van der Waals surface area contributed by atoms with Gasteiger partial charge in [-0.3, -0.25) is 0 Å². The van der Waals surface area contributed by atoms with Crippen LogP contribution in [0.25, 0.3) is 16.1 Å². The third-order valence-electron chi connectivity index (χ3n) is 2.59. The summed E-state index contributed by atoms with van der Waals surface area (Å²) in [7, 11) is 0. The van der Waals surface area contributed by atoms with Crippen LogP contribution in [0.4, 0.5) is 5.82 Å². The zero-order valence-corrected chi connectivity index (χ0v) is 9.89. The third kappa shape index (κ3) is 1.72. The second-order valence-corrected chi connectivity index (χ2v) is 4.62. The summed E-state index contributed by atoms with van der Waals surface area (Å²) < 4.78 is 1.76. The lowest BCUT2D eigenvalue weighted by atomic mass is 10.2. The van der Waals surface area contributed by atoms with E-state index in [0.717, 1.165) is 16.1 Å². The lowest BCUT2D eigenvalue weighted by Gasteiger charge is -2.03. The Morgan fingerprint density at radius 2 is 1.88 bits per heavy atom. The molecule has 2 N–H and O–H groups in total. The Kier molecular flexibility index (Phi) is 2.42. The van der Waals surface area contributed by atoms with Gasteiger partial charge in [0, 0.05) is 4.88 Å². The molecule has 3 nitrogen and oxygen atoms in total. The second-order valence-electron chi connectivity index (χ2n) is 3.67. The van der Waals surface area contributed by atoms with Gasteiger partial charge >= 0.3 is 0 Å². The van der Waals surface area contributed by atoms with Crippen molar-refractivity contribution in [3.63, 3.8) is 0 Å². The minimum Gasteiger partial charge on any atom is -0.383 e. The molecule has 0 aliphatic rings. The largest absolute Gasteiger partial charge is 0.383 e. The van der Waals surface area contributed by atoms with Gasteiger partial charge in [0.2, 0.25) is 0 Å². The van der Waals surface area contributed by atoms with Crippen molar-refractivity contribution in [2.75, 3.05) is 5.73 Å². The average molecular weight is 241 g/mol. The molecule has 0 aliphatic heterocycles. The van der Waals surface area contributed by atoms with Crippen molar-refractivity contribution in [3.8, 4) is 16.1 Å². The first kappa shape index (κ1) is 10.1. The Labute approximate surface area is 103 Å². The number of rotatable bonds is 2. The number of thiophene rings is 1. The Balaban J connectivity index is 2.10. The second kappa shape index (κ2) is 4.07. The molecule has 0 unspecified atom stereocenters. The van der Waals surface area contributed by atoms with Gasteiger partial charge in [0.1, 0.15) is 5.82 Å². The van der Waals surface area contributed by atoms with Crippen LogP contribution >= 0.6 is 11.3 Å². The molecule has 2 heterocycles. The predicted molar refractivity (Wildman–Crippen MR) is 71.3 cm³/mol. The SMILES string of the molecule is Nc1c(-c2cccs2)cnn1-c1ccccc1. The van der Waals surface area contributed by atoms with Gasteiger partial charge in [-0.25, -0.2) is 4.68 Å². The maximum absolute atomic E-state index is 6.13. The molecule has 1 aromatic carbocycles. The average Bonchev–Trinajstić information content (AvgIpc) is 2.99. The molecule has 84 valence electrons. The van der Waals surface area contributed by atoms with Crippen molar-refractivity contribution in [2.45, 2.75) is 0 Å². The number of nitrogen functional groups attached to an aromatic ring is 1. The van der Waals surface area contributed by atoms with Gasteiger partial charge in [0.15, 0.2) is 0 Å². The van der Waals surface area contributed by atoms with Gasteiger partial charge in [-0.05, 0) is 23.6 Å². The molecule has 0 aliphatic carbocycles. The number of benzene rings is 1. The zero-order chi connectivity index (χ0) is 11.7. The Bertz CT molecular complexity index is 611. The summed E-state index contributed by atoms with van der Waals surface area (Å²) >= 11 is 1.67. The summed E-state index contributed by atoms with van der Waals surface area (Å²) in [6.45, 7) is 0. The Morgan fingerprint density at radius 1 is 1.06 bits per heavy atom. The Morgan fingerprint density at radius 3 is 2.59 bits per heavy atom. The maximum atomic E-state index is 6.13. The van der Waals surface area contributed by atoms with E-state index in [-0.39, 0.29) is 0 Å². The number of hydrogen-bond acceptors (Lipinski definition) is 3. The first-order valence-corrected chi connectivity index (χ1v) is 6.17. The predicted octanol–water partition coefficient (Wildman–Crippen LogP) is 3.18. The molecule has 0 fully saturated rings. The summed E-state index contributed by atoms with van der Waals surface area (Å²) in [4.78, 5) is 1.14. The lowest BCUT2D eigenvalue weighted by molar-refractivity contribution is 0.891. The van der Waals surface area contributed by atoms with Gasteiger partial charge in [0.05, 0.1) is 17.4 Å². The van der Waals surface area contributed by atoms with E-state index in [2.05, 4.69) is 5.10 Å².